The van der Waals surface area contributed by atoms with Crippen molar-refractivity contribution in [3.63, 3.8) is 0 Å². The Morgan fingerprint density at radius 2 is 1.31 bits per heavy atom. The zero-order valence-electron chi connectivity index (χ0n) is 20.9. The summed E-state index contributed by atoms with van der Waals surface area (Å²) in [6.45, 7) is 2.84. The van der Waals surface area contributed by atoms with E-state index in [2.05, 4.69) is 4.74 Å². The van der Waals surface area contributed by atoms with Gasteiger partial charge in [-0.2, -0.15) is 61.5 Å². The fourth-order valence-corrected chi connectivity index (χ4v) is 3.27. The Balaban J connectivity index is 3.43. The Hall–Kier alpha value is -3.35. The monoisotopic (exact) mass is 643 g/mol. The molecule has 1 rings (SSSR count). The molecule has 0 bridgehead atoms. The summed E-state index contributed by atoms with van der Waals surface area (Å²) in [4.78, 5) is 34.7. The van der Waals surface area contributed by atoms with Crippen LogP contribution in [0.3, 0.4) is 0 Å². The highest BCUT2D eigenvalue weighted by Gasteiger charge is 2.78. The average Bonchev–Trinajstić information content (AvgIpc) is 2.82. The topological polar surface area (TPSA) is 92.7 Å². The third kappa shape index (κ3) is 7.16. The second-order valence-electron chi connectivity index (χ2n) is 8.81. The number of ether oxygens (including phenoxy) is 1. The number of carbonyl (C=O) groups is 3. The highest BCUT2D eigenvalue weighted by Crippen LogP contribution is 2.48. The molecule has 0 spiro atoms. The Kier molecular flexibility index (Phi) is 10.6. The Morgan fingerprint density at radius 3 is 1.74 bits per heavy atom. The van der Waals surface area contributed by atoms with Gasteiger partial charge in [0.25, 0.3) is 5.91 Å². The van der Waals surface area contributed by atoms with Crippen molar-refractivity contribution in [1.29, 1.82) is 0 Å². The standard InChI is InChI=1S/C22H19F14NO5/c1-3-4-9(2)11-7-10(5-6-13(11)42-16(41)18(25,26)20(29,30)22(34,35)36)8-12(14(38)39)37-15(40)17(23,24)19(27,28)21(31,32)33/h5-7,9,12H,3-4,8H2,1-2H3,(H,37,40)(H,38,39). The van der Waals surface area contributed by atoms with E-state index in [1.165, 1.54) is 6.92 Å². The molecule has 0 aliphatic carbocycles. The molecule has 0 aromatic heterocycles. The lowest BCUT2D eigenvalue weighted by molar-refractivity contribution is -0.346. The second kappa shape index (κ2) is 12.1. The molecule has 6 nitrogen and oxygen atoms in total. The Bertz CT molecular complexity index is 1160. The summed E-state index contributed by atoms with van der Waals surface area (Å²) < 4.78 is 186. The van der Waals surface area contributed by atoms with Crippen LogP contribution >= 0.6 is 0 Å². The van der Waals surface area contributed by atoms with Gasteiger partial charge in [-0.15, -0.1) is 0 Å². The van der Waals surface area contributed by atoms with Crippen molar-refractivity contribution in [3.8, 4) is 5.75 Å². The van der Waals surface area contributed by atoms with E-state index in [1.54, 1.807) is 6.92 Å². The summed E-state index contributed by atoms with van der Waals surface area (Å²) in [5.74, 6) is -37.5. The van der Waals surface area contributed by atoms with E-state index >= 15 is 0 Å². The largest absolute Gasteiger partial charge is 0.480 e. The lowest BCUT2D eigenvalue weighted by Crippen LogP contribution is -2.61. The van der Waals surface area contributed by atoms with Gasteiger partial charge in [0.2, 0.25) is 0 Å². The van der Waals surface area contributed by atoms with Crippen LogP contribution in [0.5, 0.6) is 5.75 Å². The zero-order chi connectivity index (χ0) is 33.3. The first kappa shape index (κ1) is 36.7. The molecular weight excluding hydrogens is 624 g/mol. The van der Waals surface area contributed by atoms with Gasteiger partial charge < -0.3 is 15.2 Å². The number of hydrogen-bond donors (Lipinski definition) is 2. The van der Waals surface area contributed by atoms with Crippen LogP contribution in [0, 0.1) is 0 Å². The number of carboxylic acid groups (broad SMARTS) is 1. The third-order valence-corrected chi connectivity index (χ3v) is 5.61. The fraction of sp³-hybridized carbons (Fsp3) is 0.591. The van der Waals surface area contributed by atoms with Crippen molar-refractivity contribution in [2.75, 3.05) is 0 Å². The molecule has 20 heteroatoms. The first-order chi connectivity index (χ1) is 18.7. The molecule has 2 atom stereocenters. The lowest BCUT2D eigenvalue weighted by atomic mass is 9.92. The van der Waals surface area contributed by atoms with Crippen LogP contribution in [0.15, 0.2) is 18.2 Å². The number of carbonyl (C=O) groups excluding carboxylic acids is 2. The van der Waals surface area contributed by atoms with Gasteiger partial charge in [0.15, 0.2) is 0 Å². The molecule has 0 aliphatic rings. The summed E-state index contributed by atoms with van der Waals surface area (Å²) >= 11 is 0. The van der Waals surface area contributed by atoms with Crippen molar-refractivity contribution >= 4 is 17.8 Å². The van der Waals surface area contributed by atoms with Gasteiger partial charge in [-0.3, -0.25) is 4.79 Å². The van der Waals surface area contributed by atoms with Gasteiger partial charge >= 0.3 is 48.0 Å². The van der Waals surface area contributed by atoms with Crippen molar-refractivity contribution < 1.29 is 85.7 Å². The van der Waals surface area contributed by atoms with Crippen LogP contribution in [0.4, 0.5) is 61.5 Å². The Morgan fingerprint density at radius 1 is 0.833 bits per heavy atom. The number of aliphatic carboxylic acids is 1. The van der Waals surface area contributed by atoms with E-state index in [-0.39, 0.29) is 12.8 Å². The fourth-order valence-electron chi connectivity index (χ4n) is 3.27. The van der Waals surface area contributed by atoms with Gasteiger partial charge in [-0.1, -0.05) is 32.4 Å². The van der Waals surface area contributed by atoms with E-state index in [1.807, 2.05) is 0 Å². The average molecular weight is 643 g/mol. The molecule has 0 saturated heterocycles. The number of halogens is 14. The highest BCUT2D eigenvalue weighted by molar-refractivity contribution is 5.89. The smallest absolute Gasteiger partial charge is 0.460 e. The number of hydrogen-bond acceptors (Lipinski definition) is 4. The number of rotatable bonds is 12. The number of alkyl halides is 14. The SMILES string of the molecule is CCCC(C)c1cc(CC(NC(=O)C(F)(F)C(F)(F)C(F)(F)F)C(=O)O)ccc1OC(=O)C(F)(F)C(F)(F)C(F)(F)F. The molecule has 2 N–H and O–H groups in total. The summed E-state index contributed by atoms with van der Waals surface area (Å²) in [6, 6.07) is -0.711. The van der Waals surface area contributed by atoms with Crippen LogP contribution in [-0.4, -0.2) is 65.0 Å². The van der Waals surface area contributed by atoms with Crippen LogP contribution in [-0.2, 0) is 20.8 Å². The summed E-state index contributed by atoms with van der Waals surface area (Å²) in [5, 5.41) is 10.0. The maximum absolute atomic E-state index is 13.7. The van der Waals surface area contributed by atoms with Crippen molar-refractivity contribution in [2.45, 2.75) is 81.1 Å². The molecule has 1 amide bonds. The molecule has 0 fully saturated rings. The van der Waals surface area contributed by atoms with Gasteiger partial charge in [-0.05, 0) is 29.5 Å². The number of esters is 1. The van der Waals surface area contributed by atoms with Gasteiger partial charge in [-0.25, -0.2) is 9.59 Å². The van der Waals surface area contributed by atoms with E-state index in [0.29, 0.717) is 12.1 Å². The summed E-state index contributed by atoms with van der Waals surface area (Å²) in [7, 11) is 0. The van der Waals surface area contributed by atoms with Crippen molar-refractivity contribution in [3.05, 3.63) is 29.3 Å². The molecule has 2 unspecified atom stereocenters. The molecule has 1 aromatic rings. The molecule has 0 radical (unpaired) electrons. The van der Waals surface area contributed by atoms with Crippen molar-refractivity contribution in [1.82, 2.24) is 5.32 Å². The maximum atomic E-state index is 13.7. The first-order valence-corrected chi connectivity index (χ1v) is 11.2. The third-order valence-electron chi connectivity index (χ3n) is 5.61. The summed E-state index contributed by atoms with van der Waals surface area (Å²) in [6.07, 6.45) is -14.6. The lowest BCUT2D eigenvalue weighted by Gasteiger charge is -2.28. The minimum absolute atomic E-state index is 0.0843. The predicted octanol–water partition coefficient (Wildman–Crippen LogP) is 6.27. The number of benzene rings is 1. The predicted molar refractivity (Wildman–Crippen MR) is 111 cm³/mol. The number of carboxylic acids is 1. The highest BCUT2D eigenvalue weighted by atomic mass is 19.4. The second-order valence-corrected chi connectivity index (χ2v) is 8.81. The quantitative estimate of drug-likeness (QED) is 0.159. The molecule has 1 aromatic carbocycles. The molecular formula is C22H19F14NO5. The van der Waals surface area contributed by atoms with E-state index in [0.717, 1.165) is 11.4 Å². The number of amides is 1. The van der Waals surface area contributed by atoms with Crippen LogP contribution in [0.1, 0.15) is 43.7 Å². The maximum Gasteiger partial charge on any atom is 0.460 e. The van der Waals surface area contributed by atoms with Gasteiger partial charge in [0.05, 0.1) is 0 Å². The van der Waals surface area contributed by atoms with Crippen molar-refractivity contribution in [2.24, 2.45) is 0 Å². The zero-order valence-corrected chi connectivity index (χ0v) is 20.9. The normalized spacial score (nSPS) is 15.1. The van der Waals surface area contributed by atoms with E-state index in [4.69, 9.17) is 0 Å². The van der Waals surface area contributed by atoms with Gasteiger partial charge in [0.1, 0.15) is 11.8 Å². The molecule has 0 saturated carbocycles. The molecule has 42 heavy (non-hydrogen) atoms. The first-order valence-electron chi connectivity index (χ1n) is 11.2. The minimum Gasteiger partial charge on any atom is -0.480 e. The molecule has 0 aliphatic heterocycles. The van der Waals surface area contributed by atoms with Crippen LogP contribution in [0.2, 0.25) is 0 Å². The van der Waals surface area contributed by atoms with Crippen LogP contribution in [0.25, 0.3) is 0 Å². The summed E-state index contributed by atoms with van der Waals surface area (Å²) in [5.41, 5.74) is -0.808. The van der Waals surface area contributed by atoms with E-state index < -0.39 is 89.1 Å². The van der Waals surface area contributed by atoms with Crippen LogP contribution < -0.4 is 10.1 Å². The molecule has 0 heterocycles. The minimum atomic E-state index is -6.93. The van der Waals surface area contributed by atoms with Gasteiger partial charge in [0, 0.05) is 6.42 Å². The van der Waals surface area contributed by atoms with E-state index in [9.17, 15) is 81.0 Å². The number of nitrogens with one attached hydrogen (secondary N) is 1. The molecule has 240 valence electrons. The Labute approximate surface area is 226 Å².